The Morgan fingerprint density at radius 2 is 1.89 bits per heavy atom. The third kappa shape index (κ3) is 2.31. The fourth-order valence-electron chi connectivity index (χ4n) is 1.90. The van der Waals surface area contributed by atoms with Crippen molar-refractivity contribution in [1.82, 2.24) is 0 Å². The van der Waals surface area contributed by atoms with Crippen molar-refractivity contribution in [2.45, 2.75) is 0 Å². The van der Waals surface area contributed by atoms with Crippen LogP contribution in [-0.2, 0) is 0 Å². The van der Waals surface area contributed by atoms with Crippen LogP contribution >= 0.6 is 27.5 Å². The van der Waals surface area contributed by atoms with E-state index < -0.39 is 0 Å². The number of hydrogen-bond acceptors (Lipinski definition) is 2. The summed E-state index contributed by atoms with van der Waals surface area (Å²) in [5.74, 6) is 0.120. The molecule has 3 rings (SSSR count). The summed E-state index contributed by atoms with van der Waals surface area (Å²) in [4.78, 5) is 12.4. The minimum absolute atomic E-state index is 0.189. The molecule has 0 aliphatic heterocycles. The molecule has 94 valence electrons. The van der Waals surface area contributed by atoms with E-state index in [9.17, 15) is 4.79 Å². The summed E-state index contributed by atoms with van der Waals surface area (Å²) in [5, 5.41) is 1.42. The molecule has 0 saturated carbocycles. The summed E-state index contributed by atoms with van der Waals surface area (Å²) < 4.78 is 6.26. The Morgan fingerprint density at radius 3 is 2.68 bits per heavy atom. The van der Waals surface area contributed by atoms with E-state index in [1.807, 2.05) is 24.3 Å². The Balaban J connectivity index is 2.10. The van der Waals surface area contributed by atoms with E-state index in [0.717, 1.165) is 5.39 Å². The van der Waals surface area contributed by atoms with Gasteiger partial charge in [-0.05, 0) is 30.3 Å². The van der Waals surface area contributed by atoms with Gasteiger partial charge in [0.2, 0.25) is 5.78 Å². The van der Waals surface area contributed by atoms with Crippen molar-refractivity contribution in [3.8, 4) is 0 Å². The highest BCUT2D eigenvalue weighted by atomic mass is 79.9. The van der Waals surface area contributed by atoms with Gasteiger partial charge in [-0.2, -0.15) is 0 Å². The van der Waals surface area contributed by atoms with Crippen LogP contribution in [0.2, 0.25) is 5.02 Å². The van der Waals surface area contributed by atoms with Crippen LogP contribution < -0.4 is 0 Å². The molecular weight excluding hydrogens is 328 g/mol. The minimum Gasteiger partial charge on any atom is -0.453 e. The number of para-hydroxylation sites is 1. The van der Waals surface area contributed by atoms with Gasteiger partial charge in [-0.1, -0.05) is 45.7 Å². The second-order valence-electron chi connectivity index (χ2n) is 4.10. The largest absolute Gasteiger partial charge is 0.453 e. The quantitative estimate of drug-likeness (QED) is 0.611. The van der Waals surface area contributed by atoms with Crippen LogP contribution in [0.25, 0.3) is 11.0 Å². The predicted octanol–water partition coefficient (Wildman–Crippen LogP) is 5.08. The van der Waals surface area contributed by atoms with Gasteiger partial charge in [0.05, 0.1) is 0 Å². The molecule has 2 aromatic carbocycles. The van der Waals surface area contributed by atoms with Crippen LogP contribution in [0.5, 0.6) is 0 Å². The number of rotatable bonds is 2. The Labute approximate surface area is 123 Å². The Morgan fingerprint density at radius 1 is 1.11 bits per heavy atom. The van der Waals surface area contributed by atoms with Crippen LogP contribution in [0.1, 0.15) is 16.1 Å². The summed E-state index contributed by atoms with van der Waals surface area (Å²) in [6.45, 7) is 0. The molecule has 0 amide bonds. The van der Waals surface area contributed by atoms with E-state index in [2.05, 4.69) is 15.9 Å². The van der Waals surface area contributed by atoms with Crippen molar-refractivity contribution in [2.24, 2.45) is 0 Å². The summed E-state index contributed by atoms with van der Waals surface area (Å²) >= 11 is 9.27. The topological polar surface area (TPSA) is 30.2 Å². The first-order valence-electron chi connectivity index (χ1n) is 5.63. The molecule has 0 bridgehead atoms. The molecule has 0 fully saturated rings. The molecule has 1 aromatic heterocycles. The monoisotopic (exact) mass is 334 g/mol. The maximum atomic E-state index is 12.4. The number of halogens is 2. The molecule has 1 heterocycles. The fraction of sp³-hybridized carbons (Fsp3) is 0. The normalized spacial score (nSPS) is 10.8. The summed E-state index contributed by atoms with van der Waals surface area (Å²) in [5.41, 5.74) is 1.19. The zero-order chi connectivity index (χ0) is 13.4. The van der Waals surface area contributed by atoms with Gasteiger partial charge in [0.25, 0.3) is 0 Å². The highest BCUT2D eigenvalue weighted by molar-refractivity contribution is 9.10. The molecule has 2 nitrogen and oxygen atoms in total. The molecule has 0 spiro atoms. The van der Waals surface area contributed by atoms with Crippen molar-refractivity contribution in [3.63, 3.8) is 0 Å². The molecule has 0 unspecified atom stereocenters. The van der Waals surface area contributed by atoms with E-state index in [-0.39, 0.29) is 5.78 Å². The smallest absolute Gasteiger partial charge is 0.229 e. The first kappa shape index (κ1) is 12.5. The second kappa shape index (κ2) is 4.83. The van der Waals surface area contributed by atoms with Crippen LogP contribution in [0.15, 0.2) is 57.4 Å². The van der Waals surface area contributed by atoms with E-state index in [1.165, 1.54) is 0 Å². The number of carbonyl (C=O) groups is 1. The molecule has 4 heteroatoms. The van der Waals surface area contributed by atoms with Gasteiger partial charge in [-0.3, -0.25) is 4.79 Å². The lowest BCUT2D eigenvalue weighted by atomic mass is 10.1. The lowest BCUT2D eigenvalue weighted by molar-refractivity contribution is 0.101. The standard InChI is InChI=1S/C15H8BrClO2/c16-12-6-5-10(17)8-11(12)15(18)14-7-9-3-1-2-4-13(9)19-14/h1-8H. The van der Waals surface area contributed by atoms with E-state index in [1.54, 1.807) is 24.3 Å². The van der Waals surface area contributed by atoms with E-state index >= 15 is 0 Å². The first-order chi connectivity index (χ1) is 9.15. The van der Waals surface area contributed by atoms with Gasteiger partial charge < -0.3 is 4.42 Å². The molecule has 19 heavy (non-hydrogen) atoms. The molecule has 0 saturated heterocycles. The zero-order valence-electron chi connectivity index (χ0n) is 9.69. The average molecular weight is 336 g/mol. The van der Waals surface area contributed by atoms with Crippen molar-refractivity contribution in [2.75, 3.05) is 0 Å². The van der Waals surface area contributed by atoms with Crippen LogP contribution in [0, 0.1) is 0 Å². The zero-order valence-corrected chi connectivity index (χ0v) is 12.0. The average Bonchev–Trinajstić information content (AvgIpc) is 2.84. The van der Waals surface area contributed by atoms with Gasteiger partial charge in [-0.25, -0.2) is 0 Å². The highest BCUT2D eigenvalue weighted by Gasteiger charge is 2.17. The Hall–Kier alpha value is -1.58. The van der Waals surface area contributed by atoms with Crippen LogP contribution in [0.3, 0.4) is 0 Å². The number of fused-ring (bicyclic) bond motifs is 1. The summed E-state index contributed by atoms with van der Waals surface area (Å²) in [7, 11) is 0. The first-order valence-corrected chi connectivity index (χ1v) is 6.80. The number of carbonyl (C=O) groups excluding carboxylic acids is 1. The number of furan rings is 1. The Bertz CT molecular complexity index is 744. The number of benzene rings is 2. The van der Waals surface area contributed by atoms with Crippen LogP contribution in [0.4, 0.5) is 0 Å². The second-order valence-corrected chi connectivity index (χ2v) is 5.39. The van der Waals surface area contributed by atoms with Gasteiger partial charge in [0.15, 0.2) is 5.76 Å². The molecule has 0 aliphatic rings. The van der Waals surface area contributed by atoms with E-state index in [4.69, 9.17) is 16.0 Å². The van der Waals surface area contributed by atoms with Crippen molar-refractivity contribution in [3.05, 3.63) is 69.3 Å². The maximum Gasteiger partial charge on any atom is 0.229 e. The van der Waals surface area contributed by atoms with Crippen LogP contribution in [-0.4, -0.2) is 5.78 Å². The van der Waals surface area contributed by atoms with Crippen molar-refractivity contribution in [1.29, 1.82) is 0 Å². The number of ketones is 1. The summed E-state index contributed by atoms with van der Waals surface area (Å²) in [6.07, 6.45) is 0. The van der Waals surface area contributed by atoms with Gasteiger partial charge in [0, 0.05) is 20.4 Å². The predicted molar refractivity (Wildman–Crippen MR) is 78.8 cm³/mol. The number of hydrogen-bond donors (Lipinski definition) is 0. The molecule has 3 aromatic rings. The fourth-order valence-corrected chi connectivity index (χ4v) is 2.50. The van der Waals surface area contributed by atoms with Crippen molar-refractivity contribution < 1.29 is 9.21 Å². The van der Waals surface area contributed by atoms with Gasteiger partial charge in [0.1, 0.15) is 5.58 Å². The highest BCUT2D eigenvalue weighted by Crippen LogP contribution is 2.26. The summed E-state index contributed by atoms with van der Waals surface area (Å²) in [6, 6.07) is 14.4. The Kier molecular flexibility index (Phi) is 3.17. The molecule has 0 aliphatic carbocycles. The van der Waals surface area contributed by atoms with Crippen molar-refractivity contribution >= 4 is 44.3 Å². The molecule has 0 atom stereocenters. The lowest BCUT2D eigenvalue weighted by Crippen LogP contribution is -2.00. The maximum absolute atomic E-state index is 12.4. The lowest BCUT2D eigenvalue weighted by Gasteiger charge is -2.01. The third-order valence-electron chi connectivity index (χ3n) is 2.82. The minimum atomic E-state index is -0.189. The molecule has 0 N–H and O–H groups in total. The molecule has 0 radical (unpaired) electrons. The third-order valence-corrected chi connectivity index (χ3v) is 3.75. The van der Waals surface area contributed by atoms with Gasteiger partial charge in [-0.15, -0.1) is 0 Å². The molecular formula is C15H8BrClO2. The van der Waals surface area contributed by atoms with Gasteiger partial charge >= 0.3 is 0 Å². The van der Waals surface area contributed by atoms with E-state index in [0.29, 0.717) is 26.4 Å². The SMILES string of the molecule is O=C(c1cc2ccccc2o1)c1cc(Cl)ccc1Br.